The lowest BCUT2D eigenvalue weighted by atomic mass is 10.0. The highest BCUT2D eigenvalue weighted by Gasteiger charge is 2.15. The van der Waals surface area contributed by atoms with E-state index in [1.165, 1.54) is 0 Å². The summed E-state index contributed by atoms with van der Waals surface area (Å²) in [5.41, 5.74) is 1.69. The predicted octanol–water partition coefficient (Wildman–Crippen LogP) is 2.87. The van der Waals surface area contributed by atoms with Crippen molar-refractivity contribution in [1.29, 1.82) is 0 Å². The van der Waals surface area contributed by atoms with Gasteiger partial charge in [-0.3, -0.25) is 9.59 Å². The van der Waals surface area contributed by atoms with E-state index in [9.17, 15) is 18.4 Å². The van der Waals surface area contributed by atoms with Gasteiger partial charge in [0.2, 0.25) is 5.91 Å². The smallest absolute Gasteiger partial charge is 0.262 e. The van der Waals surface area contributed by atoms with Gasteiger partial charge in [0.15, 0.2) is 6.61 Å². The highest BCUT2D eigenvalue weighted by Crippen LogP contribution is 2.26. The minimum absolute atomic E-state index is 0.0225. The van der Waals surface area contributed by atoms with Crippen LogP contribution in [0, 0.1) is 11.6 Å². The topological polar surface area (TPSA) is 67.4 Å². The number of benzene rings is 2. The molecule has 0 saturated carbocycles. The Hall–Kier alpha value is -2.96. The normalized spacial score (nSPS) is 13.0. The van der Waals surface area contributed by atoms with Crippen LogP contribution in [0.1, 0.15) is 12.0 Å². The molecule has 124 valence electrons. The van der Waals surface area contributed by atoms with Gasteiger partial charge in [0.25, 0.3) is 5.91 Å². The van der Waals surface area contributed by atoms with Gasteiger partial charge in [-0.25, -0.2) is 8.78 Å². The molecule has 0 unspecified atom stereocenters. The summed E-state index contributed by atoms with van der Waals surface area (Å²) in [6, 6.07) is 7.86. The van der Waals surface area contributed by atoms with Crippen LogP contribution in [0.15, 0.2) is 36.4 Å². The second-order valence-electron chi connectivity index (χ2n) is 5.36. The number of fused-ring (bicyclic) bond motifs is 1. The number of aryl methyl sites for hydroxylation is 1. The molecule has 2 N–H and O–H groups in total. The van der Waals surface area contributed by atoms with Crippen molar-refractivity contribution in [3.8, 4) is 5.75 Å². The molecule has 2 amide bonds. The Bertz CT molecular complexity index is 788. The summed E-state index contributed by atoms with van der Waals surface area (Å²) < 4.78 is 31.5. The molecule has 0 spiro atoms. The number of nitrogens with one attached hydrogen (secondary N) is 2. The third-order valence-corrected chi connectivity index (χ3v) is 3.49. The third kappa shape index (κ3) is 3.87. The maximum Gasteiger partial charge on any atom is 0.262 e. The standard InChI is InChI=1S/C17H14F2N2O3/c18-11-6-12(19)8-13(7-11)20-17(23)9-24-14-2-3-15-10(5-14)1-4-16(22)21-15/h2-3,5-8H,1,4,9H2,(H,20,23)(H,21,22). The Balaban J connectivity index is 1.59. The molecular formula is C17H14F2N2O3. The minimum atomic E-state index is -0.775. The van der Waals surface area contributed by atoms with Crippen LogP contribution in [0.4, 0.5) is 20.2 Å². The molecule has 0 aromatic heterocycles. The second-order valence-corrected chi connectivity index (χ2v) is 5.36. The number of amides is 2. The number of halogens is 2. The lowest BCUT2D eigenvalue weighted by Crippen LogP contribution is -2.21. The molecule has 0 atom stereocenters. The molecule has 5 nitrogen and oxygen atoms in total. The van der Waals surface area contributed by atoms with Crippen molar-refractivity contribution in [3.05, 3.63) is 53.6 Å². The van der Waals surface area contributed by atoms with E-state index < -0.39 is 17.5 Å². The molecule has 24 heavy (non-hydrogen) atoms. The number of hydrogen-bond acceptors (Lipinski definition) is 3. The second kappa shape index (κ2) is 6.66. The zero-order valence-corrected chi connectivity index (χ0v) is 12.6. The molecule has 1 aliphatic rings. The molecule has 3 rings (SSSR count). The molecule has 1 aliphatic heterocycles. The summed E-state index contributed by atoms with van der Waals surface area (Å²) in [5, 5.41) is 5.11. The number of ether oxygens (including phenoxy) is 1. The molecular weight excluding hydrogens is 318 g/mol. The third-order valence-electron chi connectivity index (χ3n) is 3.49. The Morgan fingerprint density at radius 1 is 1.12 bits per heavy atom. The van der Waals surface area contributed by atoms with Crippen LogP contribution in [0.3, 0.4) is 0 Å². The van der Waals surface area contributed by atoms with Gasteiger partial charge in [0, 0.05) is 23.9 Å². The Morgan fingerprint density at radius 2 is 1.88 bits per heavy atom. The van der Waals surface area contributed by atoms with Gasteiger partial charge in [0.1, 0.15) is 17.4 Å². The van der Waals surface area contributed by atoms with Gasteiger partial charge in [-0.2, -0.15) is 0 Å². The van der Waals surface area contributed by atoms with E-state index in [0.717, 1.165) is 29.4 Å². The molecule has 7 heteroatoms. The SMILES string of the molecule is O=C(COc1ccc2c(c1)CCC(=O)N2)Nc1cc(F)cc(F)c1. The average Bonchev–Trinajstić information content (AvgIpc) is 2.52. The van der Waals surface area contributed by atoms with Crippen LogP contribution in [0.5, 0.6) is 5.75 Å². The number of carbonyl (C=O) groups is 2. The van der Waals surface area contributed by atoms with Crippen LogP contribution in [-0.2, 0) is 16.0 Å². The molecule has 2 aromatic rings. The molecule has 0 radical (unpaired) electrons. The fraction of sp³-hybridized carbons (Fsp3) is 0.176. The fourth-order valence-corrected chi connectivity index (χ4v) is 2.42. The van der Waals surface area contributed by atoms with Crippen molar-refractivity contribution in [1.82, 2.24) is 0 Å². The first kappa shape index (κ1) is 15.9. The predicted molar refractivity (Wildman–Crippen MR) is 83.9 cm³/mol. The van der Waals surface area contributed by atoms with Crippen molar-refractivity contribution < 1.29 is 23.1 Å². The molecule has 0 saturated heterocycles. The zero-order chi connectivity index (χ0) is 17.1. The molecule has 2 aromatic carbocycles. The Labute approximate surface area is 136 Å². The van der Waals surface area contributed by atoms with Crippen LogP contribution in [-0.4, -0.2) is 18.4 Å². The van der Waals surface area contributed by atoms with Gasteiger partial charge in [-0.1, -0.05) is 0 Å². The van der Waals surface area contributed by atoms with Crippen molar-refractivity contribution in [2.75, 3.05) is 17.2 Å². The van der Waals surface area contributed by atoms with Crippen LogP contribution in [0.25, 0.3) is 0 Å². The number of carbonyl (C=O) groups excluding carboxylic acids is 2. The van der Waals surface area contributed by atoms with Crippen molar-refractivity contribution >= 4 is 23.2 Å². The largest absolute Gasteiger partial charge is 0.484 e. The van der Waals surface area contributed by atoms with Crippen LogP contribution >= 0.6 is 0 Å². The van der Waals surface area contributed by atoms with E-state index in [-0.39, 0.29) is 18.2 Å². The fourth-order valence-electron chi connectivity index (χ4n) is 2.42. The highest BCUT2D eigenvalue weighted by molar-refractivity contribution is 5.94. The zero-order valence-electron chi connectivity index (χ0n) is 12.6. The molecule has 0 fully saturated rings. The van der Waals surface area contributed by atoms with Crippen molar-refractivity contribution in [2.45, 2.75) is 12.8 Å². The first-order valence-electron chi connectivity index (χ1n) is 7.31. The maximum atomic E-state index is 13.1. The first-order valence-corrected chi connectivity index (χ1v) is 7.31. The summed E-state index contributed by atoms with van der Waals surface area (Å²) in [5.74, 6) is -1.64. The monoisotopic (exact) mass is 332 g/mol. The van der Waals surface area contributed by atoms with Gasteiger partial charge < -0.3 is 15.4 Å². The van der Waals surface area contributed by atoms with Gasteiger partial charge >= 0.3 is 0 Å². The van der Waals surface area contributed by atoms with Gasteiger partial charge in [0.05, 0.1) is 0 Å². The first-order chi connectivity index (χ1) is 11.5. The Kier molecular flexibility index (Phi) is 4.41. The minimum Gasteiger partial charge on any atom is -0.484 e. The number of rotatable bonds is 4. The van der Waals surface area contributed by atoms with E-state index in [1.807, 2.05) is 0 Å². The van der Waals surface area contributed by atoms with Crippen molar-refractivity contribution in [3.63, 3.8) is 0 Å². The number of hydrogen-bond donors (Lipinski definition) is 2. The lowest BCUT2D eigenvalue weighted by molar-refractivity contribution is -0.118. The summed E-state index contributed by atoms with van der Waals surface area (Å²) in [6.45, 7) is -0.302. The van der Waals surface area contributed by atoms with Crippen LogP contribution < -0.4 is 15.4 Å². The van der Waals surface area contributed by atoms with Crippen molar-refractivity contribution in [2.24, 2.45) is 0 Å². The van der Waals surface area contributed by atoms with Gasteiger partial charge in [-0.05, 0) is 42.3 Å². The summed E-state index contributed by atoms with van der Waals surface area (Å²) in [6.07, 6.45) is 1.01. The lowest BCUT2D eigenvalue weighted by Gasteiger charge is -2.17. The summed E-state index contributed by atoms with van der Waals surface area (Å²) >= 11 is 0. The Morgan fingerprint density at radius 3 is 2.62 bits per heavy atom. The van der Waals surface area contributed by atoms with E-state index >= 15 is 0 Å². The van der Waals surface area contributed by atoms with E-state index in [1.54, 1.807) is 18.2 Å². The average molecular weight is 332 g/mol. The maximum absolute atomic E-state index is 13.1. The van der Waals surface area contributed by atoms with Crippen LogP contribution in [0.2, 0.25) is 0 Å². The van der Waals surface area contributed by atoms with Gasteiger partial charge in [-0.15, -0.1) is 0 Å². The quantitative estimate of drug-likeness (QED) is 0.905. The summed E-state index contributed by atoms with van der Waals surface area (Å²) in [4.78, 5) is 23.1. The van der Waals surface area contributed by atoms with E-state index in [0.29, 0.717) is 18.6 Å². The molecule has 0 aliphatic carbocycles. The molecule has 1 heterocycles. The van der Waals surface area contributed by atoms with E-state index in [2.05, 4.69) is 10.6 Å². The number of anilines is 2. The highest BCUT2D eigenvalue weighted by atomic mass is 19.1. The van der Waals surface area contributed by atoms with E-state index in [4.69, 9.17) is 4.74 Å². The molecule has 0 bridgehead atoms. The summed E-state index contributed by atoms with van der Waals surface area (Å²) in [7, 11) is 0.